The second-order valence-corrected chi connectivity index (χ2v) is 7.68. The first-order valence-electron chi connectivity index (χ1n) is 10.1. The van der Waals surface area contributed by atoms with E-state index in [0.29, 0.717) is 0 Å². The van der Waals surface area contributed by atoms with Crippen molar-refractivity contribution in [1.29, 1.82) is 0 Å². The lowest BCUT2D eigenvalue weighted by Crippen LogP contribution is -2.24. The van der Waals surface area contributed by atoms with E-state index in [2.05, 4.69) is 56.6 Å². The normalized spacial score (nSPS) is 11.2. The second kappa shape index (κ2) is 8.44. The van der Waals surface area contributed by atoms with Crippen LogP contribution < -0.4 is 10.7 Å². The van der Waals surface area contributed by atoms with E-state index in [1.807, 2.05) is 51.1 Å². The molecule has 6 heteroatoms. The summed E-state index contributed by atoms with van der Waals surface area (Å²) >= 11 is 0. The number of carbonyl (C=O) groups excluding carboxylic acids is 1. The first-order valence-corrected chi connectivity index (χ1v) is 10.1. The first-order chi connectivity index (χ1) is 14.9. The van der Waals surface area contributed by atoms with Crippen LogP contribution in [0.25, 0.3) is 16.6 Å². The molecule has 0 saturated carbocycles. The molecule has 156 valence electrons. The summed E-state index contributed by atoms with van der Waals surface area (Å²) in [5.41, 5.74) is 10.6. The molecule has 6 nitrogen and oxygen atoms in total. The van der Waals surface area contributed by atoms with Crippen LogP contribution in [0.5, 0.6) is 0 Å². The van der Waals surface area contributed by atoms with Crippen molar-refractivity contribution >= 4 is 28.8 Å². The Hall–Kier alpha value is -3.93. The van der Waals surface area contributed by atoms with Crippen LogP contribution in [-0.4, -0.2) is 21.8 Å². The molecular weight excluding hydrogens is 386 g/mol. The number of benzene rings is 2. The third kappa shape index (κ3) is 4.33. The third-order valence-corrected chi connectivity index (χ3v) is 5.31. The quantitative estimate of drug-likeness (QED) is 0.348. The number of carbonyl (C=O) groups is 1. The fourth-order valence-corrected chi connectivity index (χ4v) is 3.78. The summed E-state index contributed by atoms with van der Waals surface area (Å²) in [5, 5.41) is 8.05. The SMILES string of the molecule is Cc1ccc(NC(=O)N/N=C/c2cc(C)n(-c3ccc4ncccc4c3)c2C)c(C)c1. The molecule has 0 unspecified atom stereocenters. The van der Waals surface area contributed by atoms with Crippen molar-refractivity contribution in [1.82, 2.24) is 15.0 Å². The minimum Gasteiger partial charge on any atom is -0.318 e. The maximum atomic E-state index is 12.2. The Morgan fingerprint density at radius 3 is 2.68 bits per heavy atom. The molecule has 31 heavy (non-hydrogen) atoms. The molecule has 4 aromatic rings. The molecule has 2 aromatic heterocycles. The zero-order valence-electron chi connectivity index (χ0n) is 18.1. The average molecular weight is 412 g/mol. The van der Waals surface area contributed by atoms with Crippen molar-refractivity contribution in [3.63, 3.8) is 0 Å². The van der Waals surface area contributed by atoms with Gasteiger partial charge in [-0.3, -0.25) is 4.98 Å². The molecule has 0 aliphatic heterocycles. The molecule has 0 radical (unpaired) electrons. The lowest BCUT2D eigenvalue weighted by Gasteiger charge is -2.10. The fraction of sp³-hybridized carbons (Fsp3) is 0.160. The monoisotopic (exact) mass is 411 g/mol. The molecule has 0 saturated heterocycles. The molecule has 0 fully saturated rings. The molecule has 0 spiro atoms. The number of hydrazone groups is 1. The van der Waals surface area contributed by atoms with Crippen molar-refractivity contribution in [2.45, 2.75) is 27.7 Å². The molecule has 0 atom stereocenters. The van der Waals surface area contributed by atoms with Gasteiger partial charge in [0.25, 0.3) is 0 Å². The van der Waals surface area contributed by atoms with Crippen LogP contribution in [-0.2, 0) is 0 Å². The van der Waals surface area contributed by atoms with Crippen LogP contribution in [0.4, 0.5) is 10.5 Å². The number of fused-ring (bicyclic) bond motifs is 1. The van der Waals surface area contributed by atoms with E-state index in [1.165, 1.54) is 0 Å². The van der Waals surface area contributed by atoms with Gasteiger partial charge in [0.2, 0.25) is 0 Å². The first kappa shape index (κ1) is 20.3. The number of hydrogen-bond acceptors (Lipinski definition) is 3. The van der Waals surface area contributed by atoms with E-state index >= 15 is 0 Å². The summed E-state index contributed by atoms with van der Waals surface area (Å²) in [5.74, 6) is 0. The van der Waals surface area contributed by atoms with Gasteiger partial charge in [-0.25, -0.2) is 10.2 Å². The standard InChI is InChI=1S/C25H25N5O/c1-16-7-9-23(17(2)12-16)28-25(31)29-27-15-21-13-18(3)30(19(21)4)22-8-10-24-20(14-22)6-5-11-26-24/h5-15H,1-4H3,(H2,28,29,31)/b27-15+. The Kier molecular flexibility index (Phi) is 5.54. The molecule has 0 aliphatic carbocycles. The number of hydrogen-bond donors (Lipinski definition) is 2. The predicted octanol–water partition coefficient (Wildman–Crippen LogP) is 5.41. The summed E-state index contributed by atoms with van der Waals surface area (Å²) in [7, 11) is 0. The van der Waals surface area contributed by atoms with E-state index in [4.69, 9.17) is 0 Å². The van der Waals surface area contributed by atoms with Crippen molar-refractivity contribution in [2.75, 3.05) is 5.32 Å². The highest BCUT2D eigenvalue weighted by atomic mass is 16.2. The van der Waals surface area contributed by atoms with Gasteiger partial charge in [0, 0.05) is 39.9 Å². The number of aryl methyl sites for hydroxylation is 3. The van der Waals surface area contributed by atoms with Crippen LogP contribution in [0.1, 0.15) is 28.1 Å². The molecule has 2 heterocycles. The van der Waals surface area contributed by atoms with Crippen molar-refractivity contribution in [2.24, 2.45) is 5.10 Å². The van der Waals surface area contributed by atoms with E-state index in [1.54, 1.807) is 12.4 Å². The molecule has 2 aromatic carbocycles. The van der Waals surface area contributed by atoms with E-state index in [-0.39, 0.29) is 6.03 Å². The summed E-state index contributed by atoms with van der Waals surface area (Å²) in [6, 6.07) is 17.8. The van der Waals surface area contributed by atoms with Gasteiger partial charge in [-0.2, -0.15) is 5.10 Å². The highest BCUT2D eigenvalue weighted by Gasteiger charge is 2.10. The van der Waals surface area contributed by atoms with E-state index in [0.717, 1.165) is 50.4 Å². The summed E-state index contributed by atoms with van der Waals surface area (Å²) < 4.78 is 2.17. The van der Waals surface area contributed by atoms with Crippen LogP contribution in [0.2, 0.25) is 0 Å². The maximum absolute atomic E-state index is 12.2. The van der Waals surface area contributed by atoms with Crippen LogP contribution >= 0.6 is 0 Å². The topological polar surface area (TPSA) is 71.3 Å². The Labute approximate surface area is 181 Å². The largest absolute Gasteiger partial charge is 0.339 e. The molecule has 2 amide bonds. The van der Waals surface area contributed by atoms with Crippen molar-refractivity contribution in [3.05, 3.63) is 88.9 Å². The van der Waals surface area contributed by atoms with Gasteiger partial charge in [-0.15, -0.1) is 0 Å². The number of pyridine rings is 1. The van der Waals surface area contributed by atoms with Gasteiger partial charge in [-0.05, 0) is 69.7 Å². The highest BCUT2D eigenvalue weighted by molar-refractivity contribution is 5.91. The van der Waals surface area contributed by atoms with Gasteiger partial charge in [-0.1, -0.05) is 23.8 Å². The van der Waals surface area contributed by atoms with Crippen LogP contribution in [0.15, 0.2) is 65.9 Å². The van der Waals surface area contributed by atoms with Crippen molar-refractivity contribution < 1.29 is 4.79 Å². The lowest BCUT2D eigenvalue weighted by molar-refractivity contribution is 0.252. The Bertz CT molecular complexity index is 1300. The van der Waals surface area contributed by atoms with Gasteiger partial charge in [0.05, 0.1) is 11.7 Å². The van der Waals surface area contributed by atoms with Gasteiger partial charge in [0.15, 0.2) is 0 Å². The minimum absolute atomic E-state index is 0.376. The summed E-state index contributed by atoms with van der Waals surface area (Å²) in [4.78, 5) is 16.6. The number of amides is 2. The van der Waals surface area contributed by atoms with Crippen LogP contribution in [0.3, 0.4) is 0 Å². The second-order valence-electron chi connectivity index (χ2n) is 7.68. The number of nitrogens with one attached hydrogen (secondary N) is 2. The number of anilines is 1. The molecule has 0 aliphatic rings. The molecule has 0 bridgehead atoms. The summed E-state index contributed by atoms with van der Waals surface area (Å²) in [6.07, 6.45) is 3.47. The van der Waals surface area contributed by atoms with Gasteiger partial charge < -0.3 is 9.88 Å². The van der Waals surface area contributed by atoms with E-state index < -0.39 is 0 Å². The lowest BCUT2D eigenvalue weighted by atomic mass is 10.1. The number of nitrogens with zero attached hydrogens (tertiary/aromatic N) is 3. The molecule has 4 rings (SSSR count). The average Bonchev–Trinajstić information content (AvgIpc) is 3.03. The number of rotatable bonds is 4. The Balaban J connectivity index is 1.50. The molecular formula is C25H25N5O. The summed E-state index contributed by atoms with van der Waals surface area (Å²) in [6.45, 7) is 8.08. The van der Waals surface area contributed by atoms with E-state index in [9.17, 15) is 4.79 Å². The van der Waals surface area contributed by atoms with Gasteiger partial charge in [0.1, 0.15) is 0 Å². The minimum atomic E-state index is -0.376. The third-order valence-electron chi connectivity index (χ3n) is 5.31. The van der Waals surface area contributed by atoms with Crippen LogP contribution in [0, 0.1) is 27.7 Å². The smallest absolute Gasteiger partial charge is 0.318 e. The van der Waals surface area contributed by atoms with Gasteiger partial charge >= 0.3 is 6.03 Å². The molecule has 2 N–H and O–H groups in total. The number of urea groups is 1. The number of aromatic nitrogens is 2. The van der Waals surface area contributed by atoms with Crippen molar-refractivity contribution in [3.8, 4) is 5.69 Å². The highest BCUT2D eigenvalue weighted by Crippen LogP contribution is 2.23. The fourth-order valence-electron chi connectivity index (χ4n) is 3.78. The predicted molar refractivity (Wildman–Crippen MR) is 126 cm³/mol. The zero-order valence-corrected chi connectivity index (χ0v) is 18.1. The zero-order chi connectivity index (χ0) is 22.0. The Morgan fingerprint density at radius 1 is 1.03 bits per heavy atom. The Morgan fingerprint density at radius 2 is 1.87 bits per heavy atom. The maximum Gasteiger partial charge on any atom is 0.339 e.